The highest BCUT2D eigenvalue weighted by Crippen LogP contribution is 2.21. The molecule has 18 heavy (non-hydrogen) atoms. The fraction of sp³-hybridized carbons (Fsp3) is 0.538. The molecule has 0 aliphatic carbocycles. The molecule has 0 fully saturated rings. The zero-order valence-electron chi connectivity index (χ0n) is 11.2. The highest BCUT2D eigenvalue weighted by atomic mass is 32.2. The summed E-state index contributed by atoms with van der Waals surface area (Å²) in [5.74, 6) is 0.582. The lowest BCUT2D eigenvalue weighted by atomic mass is 10.1. The largest absolute Gasteiger partial charge is 0.398 e. The lowest BCUT2D eigenvalue weighted by Crippen LogP contribution is -2.26. The first kappa shape index (κ1) is 15.0. The van der Waals surface area contributed by atoms with Gasteiger partial charge >= 0.3 is 0 Å². The SMILES string of the molecule is Cc1cccc(N)c1S(=O)(=O)NCCCC(C)C. The number of sulfonamides is 1. The summed E-state index contributed by atoms with van der Waals surface area (Å²) in [5, 5.41) is 0. The molecule has 0 saturated heterocycles. The van der Waals surface area contributed by atoms with Crippen LogP contribution in [-0.4, -0.2) is 15.0 Å². The average molecular weight is 270 g/mol. The van der Waals surface area contributed by atoms with Crippen LogP contribution in [0.5, 0.6) is 0 Å². The van der Waals surface area contributed by atoms with Crippen molar-refractivity contribution in [3.63, 3.8) is 0 Å². The van der Waals surface area contributed by atoms with Gasteiger partial charge in [-0.05, 0) is 37.3 Å². The van der Waals surface area contributed by atoms with Gasteiger partial charge in [0.2, 0.25) is 10.0 Å². The molecular weight excluding hydrogens is 248 g/mol. The molecule has 4 nitrogen and oxygen atoms in total. The third-order valence-corrected chi connectivity index (χ3v) is 4.44. The molecule has 0 spiro atoms. The molecule has 0 aromatic heterocycles. The van der Waals surface area contributed by atoms with E-state index in [0.717, 1.165) is 12.8 Å². The van der Waals surface area contributed by atoms with Crippen LogP contribution in [0.1, 0.15) is 32.3 Å². The molecule has 0 radical (unpaired) electrons. The first-order valence-electron chi connectivity index (χ1n) is 6.19. The number of benzene rings is 1. The molecule has 1 rings (SSSR count). The summed E-state index contributed by atoms with van der Waals surface area (Å²) in [4.78, 5) is 0.203. The van der Waals surface area contributed by atoms with E-state index in [9.17, 15) is 8.42 Å². The van der Waals surface area contributed by atoms with E-state index in [1.807, 2.05) is 0 Å². The Morgan fingerprint density at radius 3 is 2.56 bits per heavy atom. The topological polar surface area (TPSA) is 72.2 Å². The van der Waals surface area contributed by atoms with E-state index in [1.165, 1.54) is 0 Å². The number of nitrogen functional groups attached to an aromatic ring is 1. The maximum atomic E-state index is 12.1. The first-order chi connectivity index (χ1) is 8.34. The molecule has 0 amide bonds. The zero-order chi connectivity index (χ0) is 13.8. The second-order valence-corrected chi connectivity index (χ2v) is 6.63. The Balaban J connectivity index is 2.75. The Bertz CT molecular complexity index is 475. The van der Waals surface area contributed by atoms with E-state index in [-0.39, 0.29) is 4.90 Å². The Morgan fingerprint density at radius 2 is 2.00 bits per heavy atom. The van der Waals surface area contributed by atoms with Crippen LogP contribution < -0.4 is 10.5 Å². The van der Waals surface area contributed by atoms with Crippen LogP contribution in [0.15, 0.2) is 23.1 Å². The summed E-state index contributed by atoms with van der Waals surface area (Å²) in [6.07, 6.45) is 1.84. The van der Waals surface area contributed by atoms with Gasteiger partial charge in [0.05, 0.1) is 5.69 Å². The fourth-order valence-electron chi connectivity index (χ4n) is 1.83. The Labute approximate surface area is 110 Å². The van der Waals surface area contributed by atoms with E-state index in [1.54, 1.807) is 25.1 Å². The number of rotatable bonds is 6. The van der Waals surface area contributed by atoms with Crippen molar-refractivity contribution >= 4 is 15.7 Å². The summed E-state index contributed by atoms with van der Waals surface area (Å²) in [5.41, 5.74) is 6.71. The van der Waals surface area contributed by atoms with Gasteiger partial charge < -0.3 is 5.73 Å². The average Bonchev–Trinajstić information content (AvgIpc) is 2.23. The second-order valence-electron chi connectivity index (χ2n) is 4.93. The molecule has 0 saturated carbocycles. The minimum absolute atomic E-state index is 0.203. The molecule has 0 heterocycles. The summed E-state index contributed by atoms with van der Waals surface area (Å²) in [6, 6.07) is 5.11. The molecule has 1 aromatic carbocycles. The molecule has 0 aliphatic rings. The van der Waals surface area contributed by atoms with Crippen molar-refractivity contribution in [1.82, 2.24) is 4.72 Å². The number of nitrogens with one attached hydrogen (secondary N) is 1. The van der Waals surface area contributed by atoms with Gasteiger partial charge in [-0.25, -0.2) is 13.1 Å². The normalized spacial score (nSPS) is 12.0. The van der Waals surface area contributed by atoms with Gasteiger partial charge in [-0.3, -0.25) is 0 Å². The minimum atomic E-state index is -3.49. The van der Waals surface area contributed by atoms with E-state index >= 15 is 0 Å². The van der Waals surface area contributed by atoms with Gasteiger partial charge in [0.25, 0.3) is 0 Å². The van der Waals surface area contributed by atoms with E-state index in [0.29, 0.717) is 23.7 Å². The zero-order valence-corrected chi connectivity index (χ0v) is 12.0. The first-order valence-corrected chi connectivity index (χ1v) is 7.67. The van der Waals surface area contributed by atoms with Crippen molar-refractivity contribution in [1.29, 1.82) is 0 Å². The highest BCUT2D eigenvalue weighted by Gasteiger charge is 2.18. The van der Waals surface area contributed by atoms with Gasteiger partial charge in [0.15, 0.2) is 0 Å². The number of hydrogen-bond acceptors (Lipinski definition) is 3. The van der Waals surface area contributed by atoms with Gasteiger partial charge in [0.1, 0.15) is 4.90 Å². The maximum absolute atomic E-state index is 12.1. The quantitative estimate of drug-likeness (QED) is 0.615. The van der Waals surface area contributed by atoms with Crippen molar-refractivity contribution < 1.29 is 8.42 Å². The fourth-order valence-corrected chi connectivity index (χ4v) is 3.26. The van der Waals surface area contributed by atoms with Crippen LogP contribution in [-0.2, 0) is 10.0 Å². The molecule has 0 unspecified atom stereocenters. The molecule has 5 heteroatoms. The van der Waals surface area contributed by atoms with Crippen molar-refractivity contribution in [2.75, 3.05) is 12.3 Å². The van der Waals surface area contributed by atoms with Crippen LogP contribution in [0.2, 0.25) is 0 Å². The molecular formula is C13H22N2O2S. The minimum Gasteiger partial charge on any atom is -0.398 e. The number of anilines is 1. The number of aryl methyl sites for hydroxylation is 1. The van der Waals surface area contributed by atoms with Crippen LogP contribution in [0.4, 0.5) is 5.69 Å². The predicted molar refractivity (Wildman–Crippen MR) is 74.9 cm³/mol. The number of nitrogens with two attached hydrogens (primary N) is 1. The molecule has 0 aliphatic heterocycles. The van der Waals surface area contributed by atoms with E-state index in [4.69, 9.17) is 5.73 Å². The van der Waals surface area contributed by atoms with Crippen LogP contribution >= 0.6 is 0 Å². The van der Waals surface area contributed by atoms with Crippen LogP contribution in [0, 0.1) is 12.8 Å². The Kier molecular flexibility index (Phi) is 5.16. The lowest BCUT2D eigenvalue weighted by Gasteiger charge is -2.12. The molecule has 1 aromatic rings. The molecule has 3 N–H and O–H groups in total. The molecule has 0 bridgehead atoms. The third kappa shape index (κ3) is 3.99. The molecule has 0 atom stereocenters. The van der Waals surface area contributed by atoms with Gasteiger partial charge in [-0.2, -0.15) is 0 Å². The predicted octanol–water partition coefficient (Wildman–Crippen LogP) is 2.29. The monoisotopic (exact) mass is 270 g/mol. The summed E-state index contributed by atoms with van der Waals surface area (Å²) >= 11 is 0. The Morgan fingerprint density at radius 1 is 1.33 bits per heavy atom. The highest BCUT2D eigenvalue weighted by molar-refractivity contribution is 7.89. The van der Waals surface area contributed by atoms with E-state index in [2.05, 4.69) is 18.6 Å². The van der Waals surface area contributed by atoms with Crippen LogP contribution in [0.3, 0.4) is 0 Å². The van der Waals surface area contributed by atoms with Gasteiger partial charge in [0, 0.05) is 6.54 Å². The smallest absolute Gasteiger partial charge is 0.242 e. The van der Waals surface area contributed by atoms with Crippen molar-refractivity contribution in [2.45, 2.75) is 38.5 Å². The standard InChI is InChI=1S/C13H22N2O2S/c1-10(2)6-5-9-15-18(16,17)13-11(3)7-4-8-12(13)14/h4,7-8,10,15H,5-6,9,14H2,1-3H3. The van der Waals surface area contributed by atoms with Crippen molar-refractivity contribution in [3.8, 4) is 0 Å². The summed E-state index contributed by atoms with van der Waals surface area (Å²) < 4.78 is 26.9. The van der Waals surface area contributed by atoms with E-state index < -0.39 is 10.0 Å². The van der Waals surface area contributed by atoms with Gasteiger partial charge in [-0.15, -0.1) is 0 Å². The summed E-state index contributed by atoms with van der Waals surface area (Å²) in [7, 11) is -3.49. The Hall–Kier alpha value is -1.07. The van der Waals surface area contributed by atoms with Gasteiger partial charge in [-0.1, -0.05) is 26.0 Å². The second kappa shape index (κ2) is 6.20. The molecule has 102 valence electrons. The maximum Gasteiger partial charge on any atom is 0.242 e. The lowest BCUT2D eigenvalue weighted by molar-refractivity contribution is 0.540. The summed E-state index contributed by atoms with van der Waals surface area (Å²) in [6.45, 7) is 6.44. The third-order valence-electron chi connectivity index (χ3n) is 2.76. The number of hydrogen-bond donors (Lipinski definition) is 2. The van der Waals surface area contributed by atoms with Crippen molar-refractivity contribution in [3.05, 3.63) is 23.8 Å². The van der Waals surface area contributed by atoms with Crippen LogP contribution in [0.25, 0.3) is 0 Å². The van der Waals surface area contributed by atoms with Crippen molar-refractivity contribution in [2.24, 2.45) is 5.92 Å².